The Hall–Kier alpha value is -3.38. The normalized spacial score (nSPS) is 15.5. The largest absolute Gasteiger partial charge is 0.464 e. The molecular weight excluding hydrogens is 600 g/mol. The lowest BCUT2D eigenvalue weighted by Gasteiger charge is -2.38. The number of thiazole rings is 1. The number of aromatic nitrogens is 1. The fraction of sp³-hybridized carbons (Fsp3) is 0.774. The molecule has 0 fully saturated rings. The van der Waals surface area contributed by atoms with Gasteiger partial charge in [-0.05, 0) is 50.5 Å². The maximum Gasteiger partial charge on any atom is 0.408 e. The first-order valence-electron chi connectivity index (χ1n) is 15.6. The molecule has 13 nitrogen and oxygen atoms in total. The minimum Gasteiger partial charge on any atom is -0.464 e. The molecule has 254 valence electrons. The third-order valence-corrected chi connectivity index (χ3v) is 8.51. The van der Waals surface area contributed by atoms with Gasteiger partial charge in [-0.25, -0.2) is 19.4 Å². The summed E-state index contributed by atoms with van der Waals surface area (Å²) in [6.45, 7) is 18.9. The van der Waals surface area contributed by atoms with Crippen LogP contribution in [0.25, 0.3) is 10.4 Å². The van der Waals surface area contributed by atoms with E-state index in [0.717, 1.165) is 11.3 Å². The molecule has 0 saturated heterocycles. The highest BCUT2D eigenvalue weighted by Gasteiger charge is 2.38. The van der Waals surface area contributed by atoms with E-state index in [1.807, 2.05) is 48.5 Å². The Kier molecular flexibility index (Phi) is 16.3. The predicted octanol–water partition coefficient (Wildman–Crippen LogP) is 6.83. The van der Waals surface area contributed by atoms with Crippen LogP contribution >= 0.6 is 11.3 Å². The number of amides is 2. The quantitative estimate of drug-likeness (QED) is 0.0626. The molecule has 45 heavy (non-hydrogen) atoms. The number of carbonyl (C=O) groups is 4. The van der Waals surface area contributed by atoms with E-state index >= 15 is 0 Å². The van der Waals surface area contributed by atoms with Crippen molar-refractivity contribution in [3.63, 3.8) is 0 Å². The third-order valence-electron chi connectivity index (χ3n) is 7.57. The number of carbonyl (C=O) groups excluding carboxylic acids is 4. The van der Waals surface area contributed by atoms with Crippen LogP contribution in [0.1, 0.15) is 117 Å². The van der Waals surface area contributed by atoms with Crippen LogP contribution in [0.2, 0.25) is 0 Å². The second kappa shape index (κ2) is 18.6. The minimum absolute atomic E-state index is 0.0617. The van der Waals surface area contributed by atoms with Gasteiger partial charge in [-0.3, -0.25) is 4.79 Å². The van der Waals surface area contributed by atoms with Crippen molar-refractivity contribution in [3.8, 4) is 0 Å². The van der Waals surface area contributed by atoms with Gasteiger partial charge >= 0.3 is 18.0 Å². The summed E-state index contributed by atoms with van der Waals surface area (Å²) in [6, 6.07) is -2.38. The summed E-state index contributed by atoms with van der Waals surface area (Å²) in [5.41, 5.74) is 8.53. The number of methoxy groups -OCH3 is 1. The van der Waals surface area contributed by atoms with E-state index in [1.54, 1.807) is 25.7 Å². The van der Waals surface area contributed by atoms with Gasteiger partial charge in [-0.15, -0.1) is 11.3 Å². The lowest BCUT2D eigenvalue weighted by molar-refractivity contribution is -0.155. The fourth-order valence-corrected chi connectivity index (χ4v) is 5.49. The standard InChI is InChI=1S/C31H52N6O7S/c1-12-15-37(27(38)24(35-36-32)19(6)13-2)22(18(4)5)16-23(26-33-21(17-45-26)28(39)42-11)43-29(40)25(20(7)14-3)34-30(41)44-31(8,9)10/h17-20,22-25H,12-16H2,1-11H3,(H,34,41)/t19-,20-,22+,23+,24-,25-/m0/s1. The van der Waals surface area contributed by atoms with E-state index in [2.05, 4.69) is 20.3 Å². The maximum absolute atomic E-state index is 13.9. The van der Waals surface area contributed by atoms with Crippen molar-refractivity contribution >= 4 is 35.3 Å². The molecule has 2 amide bonds. The summed E-state index contributed by atoms with van der Waals surface area (Å²) in [5.74, 6) is -2.22. The number of rotatable bonds is 17. The van der Waals surface area contributed by atoms with Crippen molar-refractivity contribution in [2.75, 3.05) is 13.7 Å². The summed E-state index contributed by atoms with van der Waals surface area (Å²) in [7, 11) is 1.25. The Bertz CT molecular complexity index is 1180. The summed E-state index contributed by atoms with van der Waals surface area (Å²) >= 11 is 1.13. The Morgan fingerprint density at radius 1 is 1.09 bits per heavy atom. The summed E-state index contributed by atoms with van der Waals surface area (Å²) in [5, 5.41) is 8.37. The van der Waals surface area contributed by atoms with E-state index in [4.69, 9.17) is 14.2 Å². The highest BCUT2D eigenvalue weighted by molar-refractivity contribution is 7.09. The van der Waals surface area contributed by atoms with Crippen LogP contribution in [0.4, 0.5) is 4.79 Å². The Morgan fingerprint density at radius 3 is 2.20 bits per heavy atom. The second-order valence-electron chi connectivity index (χ2n) is 12.6. The first-order chi connectivity index (χ1) is 21.0. The smallest absolute Gasteiger partial charge is 0.408 e. The van der Waals surface area contributed by atoms with E-state index in [0.29, 0.717) is 30.8 Å². The fourth-order valence-electron chi connectivity index (χ4n) is 4.66. The van der Waals surface area contributed by atoms with Gasteiger partial charge in [0.2, 0.25) is 5.91 Å². The molecule has 14 heteroatoms. The number of ether oxygens (including phenoxy) is 3. The molecule has 0 aliphatic rings. The number of esters is 2. The van der Waals surface area contributed by atoms with Gasteiger partial charge in [0, 0.05) is 29.3 Å². The van der Waals surface area contributed by atoms with Crippen LogP contribution in [-0.2, 0) is 23.8 Å². The molecule has 0 aromatic carbocycles. The number of hydrogen-bond donors (Lipinski definition) is 1. The molecule has 0 spiro atoms. The molecule has 0 unspecified atom stereocenters. The highest BCUT2D eigenvalue weighted by atomic mass is 32.1. The van der Waals surface area contributed by atoms with Crippen molar-refractivity contribution in [2.24, 2.45) is 22.9 Å². The number of nitrogens with one attached hydrogen (secondary N) is 1. The van der Waals surface area contributed by atoms with Crippen LogP contribution in [-0.4, -0.2) is 71.2 Å². The molecule has 0 aliphatic heterocycles. The molecule has 1 rings (SSSR count). The zero-order valence-corrected chi connectivity index (χ0v) is 29.5. The SMILES string of the molecule is CCCN(C(=O)[C@@H](N=[N+]=[N-])[C@@H](C)CC)[C@H](C[C@@H](OC(=O)[C@@H](NC(=O)OC(C)(C)C)[C@@H](C)CC)c1nc(C(=O)OC)cs1)C(C)C. The van der Waals surface area contributed by atoms with Gasteiger partial charge in [0.1, 0.15) is 22.7 Å². The topological polar surface area (TPSA) is 173 Å². The van der Waals surface area contributed by atoms with Gasteiger partial charge in [0.05, 0.1) is 7.11 Å². The molecule has 0 saturated carbocycles. The Morgan fingerprint density at radius 2 is 1.71 bits per heavy atom. The second-order valence-corrected chi connectivity index (χ2v) is 13.5. The van der Waals surface area contributed by atoms with Crippen molar-refractivity contribution in [2.45, 2.75) is 125 Å². The van der Waals surface area contributed by atoms with E-state index < -0.39 is 47.9 Å². The maximum atomic E-state index is 13.9. The Balaban J connectivity index is 3.61. The molecule has 6 atom stereocenters. The van der Waals surface area contributed by atoms with E-state index in [9.17, 15) is 24.7 Å². The van der Waals surface area contributed by atoms with Gasteiger partial charge in [-0.2, -0.15) is 0 Å². The molecule has 1 N–H and O–H groups in total. The van der Waals surface area contributed by atoms with Crippen molar-refractivity contribution in [1.82, 2.24) is 15.2 Å². The monoisotopic (exact) mass is 652 g/mol. The van der Waals surface area contributed by atoms with Crippen LogP contribution in [0.15, 0.2) is 10.5 Å². The number of hydrogen-bond acceptors (Lipinski definition) is 10. The molecular formula is C31H52N6O7S. The van der Waals surface area contributed by atoms with Crippen LogP contribution in [0.3, 0.4) is 0 Å². The van der Waals surface area contributed by atoms with Crippen LogP contribution < -0.4 is 5.32 Å². The summed E-state index contributed by atoms with van der Waals surface area (Å²) < 4.78 is 16.3. The molecule has 1 aromatic rings. The Labute approximate surface area is 271 Å². The average Bonchev–Trinajstić information content (AvgIpc) is 3.47. The number of nitrogens with zero attached hydrogens (tertiary/aromatic N) is 5. The first-order valence-corrected chi connectivity index (χ1v) is 16.5. The average molecular weight is 653 g/mol. The molecule has 0 bridgehead atoms. The molecule has 0 aliphatic carbocycles. The van der Waals surface area contributed by atoms with Gasteiger partial charge in [0.25, 0.3) is 0 Å². The minimum atomic E-state index is -1.03. The zero-order valence-electron chi connectivity index (χ0n) is 28.7. The molecule has 1 heterocycles. The zero-order chi connectivity index (χ0) is 34.5. The summed E-state index contributed by atoms with van der Waals surface area (Å²) in [6.07, 6.45) is 0.258. The van der Waals surface area contributed by atoms with Gasteiger partial charge in [-0.1, -0.05) is 66.4 Å². The van der Waals surface area contributed by atoms with E-state index in [1.165, 1.54) is 12.5 Å². The molecule has 0 radical (unpaired) electrons. The number of azide groups is 1. The summed E-state index contributed by atoms with van der Waals surface area (Å²) in [4.78, 5) is 61.7. The first kappa shape index (κ1) is 39.6. The van der Waals surface area contributed by atoms with Gasteiger partial charge < -0.3 is 24.4 Å². The van der Waals surface area contributed by atoms with E-state index in [-0.39, 0.29) is 35.8 Å². The van der Waals surface area contributed by atoms with Crippen molar-refractivity contribution in [1.29, 1.82) is 0 Å². The number of alkyl carbamates (subject to hydrolysis) is 1. The third kappa shape index (κ3) is 12.1. The van der Waals surface area contributed by atoms with Crippen molar-refractivity contribution < 1.29 is 33.4 Å². The van der Waals surface area contributed by atoms with Crippen molar-refractivity contribution in [3.05, 3.63) is 26.5 Å². The highest BCUT2D eigenvalue weighted by Crippen LogP contribution is 2.33. The van der Waals surface area contributed by atoms with Gasteiger partial charge in [0.15, 0.2) is 11.8 Å². The van der Waals surface area contributed by atoms with Crippen LogP contribution in [0, 0.1) is 17.8 Å². The van der Waals surface area contributed by atoms with Crippen LogP contribution in [0.5, 0.6) is 0 Å². The lowest BCUT2D eigenvalue weighted by Crippen LogP contribution is -2.50. The molecule has 1 aromatic heterocycles. The predicted molar refractivity (Wildman–Crippen MR) is 173 cm³/mol. The lowest BCUT2D eigenvalue weighted by atomic mass is 9.92.